The number of benzene rings is 4. The van der Waals surface area contributed by atoms with E-state index >= 15 is 0 Å². The molecule has 0 saturated heterocycles. The van der Waals surface area contributed by atoms with E-state index in [1.54, 1.807) is 24.3 Å². The molecule has 0 aliphatic carbocycles. The summed E-state index contributed by atoms with van der Waals surface area (Å²) in [6.07, 6.45) is 2.70. The van der Waals surface area contributed by atoms with Gasteiger partial charge in [-0.05, 0) is 48.4 Å². The molecule has 0 atom stereocenters. The third-order valence-electron chi connectivity index (χ3n) is 6.42. The van der Waals surface area contributed by atoms with Crippen molar-refractivity contribution in [3.8, 4) is 33.6 Å². The summed E-state index contributed by atoms with van der Waals surface area (Å²) in [4.78, 5) is 8.35. The third-order valence-corrected chi connectivity index (χ3v) is 6.42. The molecule has 41 heavy (non-hydrogen) atoms. The largest absolute Gasteiger partial charge is 0.456 e. The molecular weight excluding hydrogens is 681 g/mol. The van der Waals surface area contributed by atoms with E-state index in [-0.39, 0.29) is 36.8 Å². The number of para-hydroxylation sites is 1. The van der Waals surface area contributed by atoms with E-state index in [0.717, 1.165) is 38.6 Å². The molecule has 3 aromatic heterocycles. The average Bonchev–Trinajstić information content (AvgIpc) is 3.46. The first-order valence-electron chi connectivity index (χ1n) is 17.1. The maximum absolute atomic E-state index is 7.44. The van der Waals surface area contributed by atoms with E-state index in [1.807, 2.05) is 42.5 Å². The molecule has 1 radical (unpaired) electrons. The smallest absolute Gasteiger partial charge is 0.135 e. The third kappa shape index (κ3) is 6.35. The summed E-state index contributed by atoms with van der Waals surface area (Å²) in [6.45, 7) is -6.48. The molecule has 0 unspecified atom stereocenters. The van der Waals surface area contributed by atoms with Gasteiger partial charge in [0, 0.05) is 55.6 Å². The fourth-order valence-electron chi connectivity index (χ4n) is 4.36. The van der Waals surface area contributed by atoms with Crippen LogP contribution in [0.25, 0.3) is 55.6 Å². The van der Waals surface area contributed by atoms with Gasteiger partial charge in [-0.25, -0.2) is 0 Å². The molecule has 7 aromatic rings. The van der Waals surface area contributed by atoms with Crippen LogP contribution in [0, 0.1) is 32.7 Å². The van der Waals surface area contributed by atoms with Gasteiger partial charge >= 0.3 is 0 Å². The van der Waals surface area contributed by atoms with Crippen LogP contribution >= 0.6 is 0 Å². The zero-order valence-electron chi connectivity index (χ0n) is 30.6. The normalized spacial score (nSPS) is 14.8. The SMILES string of the molecule is [2H]C([2H])([2H])c1c[c-]c(-c2ccc(C([2H])([2H])[2H])cn2)cc1.[2H]C([2H])([2H])c1ccc(-c2[c-]cc(-c3ccc4c(c3)oc3ccccc34)cc2)nc1.[Ir]. The van der Waals surface area contributed by atoms with E-state index in [0.29, 0.717) is 17.0 Å². The van der Waals surface area contributed by atoms with E-state index in [2.05, 4.69) is 40.3 Å². The molecular formula is C37H28IrN2O-2. The van der Waals surface area contributed by atoms with E-state index < -0.39 is 20.6 Å². The second-order valence-electron chi connectivity index (χ2n) is 9.16. The van der Waals surface area contributed by atoms with Crippen LogP contribution in [0.3, 0.4) is 0 Å². The molecule has 0 spiro atoms. The molecule has 4 heteroatoms. The van der Waals surface area contributed by atoms with Crippen molar-refractivity contribution in [2.24, 2.45) is 0 Å². The minimum Gasteiger partial charge on any atom is -0.456 e. The molecule has 203 valence electrons. The molecule has 3 heterocycles. The summed E-state index contributed by atoms with van der Waals surface area (Å²) < 4.78 is 71.9. The number of nitrogens with zero attached hydrogens (tertiary/aromatic N) is 2. The van der Waals surface area contributed by atoms with Gasteiger partial charge < -0.3 is 14.4 Å². The van der Waals surface area contributed by atoms with E-state index in [9.17, 15) is 0 Å². The van der Waals surface area contributed by atoms with Crippen molar-refractivity contribution in [2.45, 2.75) is 20.6 Å². The first-order chi connectivity index (χ1) is 23.2. The average molecular weight is 718 g/mol. The summed E-state index contributed by atoms with van der Waals surface area (Å²) in [5.74, 6) is 0. The number of hydrogen-bond donors (Lipinski definition) is 0. The Morgan fingerprint density at radius 2 is 1.20 bits per heavy atom. The van der Waals surface area contributed by atoms with Gasteiger partial charge in [-0.3, -0.25) is 0 Å². The van der Waals surface area contributed by atoms with Crippen LogP contribution in [0.15, 0.2) is 120 Å². The van der Waals surface area contributed by atoms with Gasteiger partial charge in [0.15, 0.2) is 0 Å². The van der Waals surface area contributed by atoms with Crippen molar-refractivity contribution < 1.29 is 36.9 Å². The predicted octanol–water partition coefficient (Wildman–Crippen LogP) is 9.59. The summed E-state index contributed by atoms with van der Waals surface area (Å²) in [6, 6.07) is 37.1. The Labute approximate surface area is 266 Å². The van der Waals surface area contributed by atoms with Crippen LogP contribution in [0.1, 0.15) is 29.0 Å². The van der Waals surface area contributed by atoms with Crippen molar-refractivity contribution in [1.82, 2.24) is 9.97 Å². The van der Waals surface area contributed by atoms with Crippen molar-refractivity contribution in [3.63, 3.8) is 0 Å². The summed E-state index contributed by atoms with van der Waals surface area (Å²) in [5, 5.41) is 2.21. The molecule has 0 aliphatic heterocycles. The molecule has 0 fully saturated rings. The number of rotatable bonds is 3. The van der Waals surface area contributed by atoms with Gasteiger partial charge in [0.25, 0.3) is 0 Å². The Kier molecular flexibility index (Phi) is 5.72. The predicted molar refractivity (Wildman–Crippen MR) is 164 cm³/mol. The van der Waals surface area contributed by atoms with Crippen molar-refractivity contribution in [1.29, 1.82) is 0 Å². The molecule has 0 saturated carbocycles. The zero-order valence-corrected chi connectivity index (χ0v) is 24.0. The van der Waals surface area contributed by atoms with Gasteiger partial charge in [0.2, 0.25) is 0 Å². The topological polar surface area (TPSA) is 38.9 Å². The van der Waals surface area contributed by atoms with Crippen LogP contribution in [-0.2, 0) is 20.1 Å². The van der Waals surface area contributed by atoms with E-state index in [4.69, 9.17) is 16.8 Å². The Morgan fingerprint density at radius 3 is 1.78 bits per heavy atom. The van der Waals surface area contributed by atoms with Crippen molar-refractivity contribution in [2.75, 3.05) is 0 Å². The quantitative estimate of drug-likeness (QED) is 0.171. The van der Waals surface area contributed by atoms with Gasteiger partial charge in [-0.1, -0.05) is 72.6 Å². The maximum Gasteiger partial charge on any atom is 0.135 e. The standard InChI is InChI=1S/C24H16NO.C13H12N.Ir/c1-16-6-13-22(25-15-16)18-9-7-17(8-10-18)19-11-12-21-20-4-2-3-5-23(20)26-24(21)14-19;1-10-3-6-12(7-4-10)13-8-5-11(2)9-14-13;/h2-9,11-15H,1H3;3-6,8-9H,1-2H3;/q2*-1;/i1D3;1D3,2D3;. The first kappa shape index (κ1) is 18.9. The Morgan fingerprint density at radius 1 is 0.585 bits per heavy atom. The van der Waals surface area contributed by atoms with Crippen LogP contribution in [0.2, 0.25) is 0 Å². The Balaban J connectivity index is 0.000000204. The minimum absolute atomic E-state index is 0. The number of aromatic nitrogens is 2. The molecule has 7 rings (SSSR count). The van der Waals surface area contributed by atoms with Gasteiger partial charge in [-0.2, -0.15) is 0 Å². The zero-order chi connectivity index (χ0) is 35.0. The number of fused-ring (bicyclic) bond motifs is 3. The molecule has 0 bridgehead atoms. The molecule has 4 aromatic carbocycles. The summed E-state index contributed by atoms with van der Waals surface area (Å²) in [5.41, 5.74) is 7.10. The Hall–Kier alpha value is -4.37. The minimum atomic E-state index is -2.18. The molecule has 3 nitrogen and oxygen atoms in total. The first-order valence-corrected chi connectivity index (χ1v) is 12.6. The van der Waals surface area contributed by atoms with Crippen LogP contribution in [0.4, 0.5) is 0 Å². The van der Waals surface area contributed by atoms with E-state index in [1.165, 1.54) is 30.6 Å². The van der Waals surface area contributed by atoms with Gasteiger partial charge in [-0.15, -0.1) is 65.2 Å². The van der Waals surface area contributed by atoms with Crippen molar-refractivity contribution >= 4 is 21.9 Å². The molecule has 0 amide bonds. The fourth-order valence-corrected chi connectivity index (χ4v) is 4.36. The second kappa shape index (κ2) is 12.4. The summed E-state index contributed by atoms with van der Waals surface area (Å²) >= 11 is 0. The number of pyridine rings is 2. The van der Waals surface area contributed by atoms with Gasteiger partial charge in [0.1, 0.15) is 11.2 Å². The number of furan rings is 1. The van der Waals surface area contributed by atoms with Crippen LogP contribution < -0.4 is 0 Å². The fraction of sp³-hybridized carbons (Fsp3) is 0.0811. The van der Waals surface area contributed by atoms with Crippen LogP contribution in [-0.4, -0.2) is 9.97 Å². The molecule has 0 N–H and O–H groups in total. The maximum atomic E-state index is 7.44. The monoisotopic (exact) mass is 718 g/mol. The Bertz CT molecular complexity index is 2150. The number of hydrogen-bond acceptors (Lipinski definition) is 3. The van der Waals surface area contributed by atoms with Crippen LogP contribution in [0.5, 0.6) is 0 Å². The number of aryl methyl sites for hydroxylation is 3. The second-order valence-corrected chi connectivity index (χ2v) is 9.16. The molecule has 0 aliphatic rings. The van der Waals surface area contributed by atoms with Crippen molar-refractivity contribution in [3.05, 3.63) is 144 Å². The van der Waals surface area contributed by atoms with Gasteiger partial charge in [0.05, 0.1) is 0 Å². The summed E-state index contributed by atoms with van der Waals surface area (Å²) in [7, 11) is 0.